The molecule has 1 saturated heterocycles. The van der Waals surface area contributed by atoms with E-state index in [1.54, 1.807) is 0 Å². The average Bonchev–Trinajstić information content (AvgIpc) is 3.25. The highest BCUT2D eigenvalue weighted by atomic mass is 35.5. The van der Waals surface area contributed by atoms with E-state index < -0.39 is 36.2 Å². The Bertz CT molecular complexity index is 1220. The van der Waals surface area contributed by atoms with Gasteiger partial charge in [-0.25, -0.2) is 18.7 Å². The van der Waals surface area contributed by atoms with E-state index in [1.165, 1.54) is 4.90 Å². The minimum atomic E-state index is -4.68. The van der Waals surface area contributed by atoms with E-state index in [1.807, 2.05) is 20.8 Å². The summed E-state index contributed by atoms with van der Waals surface area (Å²) in [5, 5.41) is 8.14. The Hall–Kier alpha value is -2.27. The first-order chi connectivity index (χ1) is 15.2. The van der Waals surface area contributed by atoms with Gasteiger partial charge >= 0.3 is 6.18 Å². The smallest absolute Gasteiger partial charge is 0.348 e. The van der Waals surface area contributed by atoms with Crippen molar-refractivity contribution in [3.8, 4) is 0 Å². The maximum Gasteiger partial charge on any atom is 0.416 e. The van der Waals surface area contributed by atoms with E-state index >= 15 is 0 Å². The predicted octanol–water partition coefficient (Wildman–Crippen LogP) is 5.74. The molecule has 1 aromatic carbocycles. The summed E-state index contributed by atoms with van der Waals surface area (Å²) in [4.78, 5) is 11.2. The number of hydrogen-bond acceptors (Lipinski definition) is 5. The maximum absolute atomic E-state index is 13.9. The summed E-state index contributed by atoms with van der Waals surface area (Å²) in [6.07, 6.45) is -5.02. The first-order valence-electron chi connectivity index (χ1n) is 9.96. The van der Waals surface area contributed by atoms with Crippen LogP contribution in [0.3, 0.4) is 0 Å². The minimum absolute atomic E-state index is 0.0495. The molecule has 4 rings (SSSR count). The molecule has 1 fully saturated rings. The van der Waals surface area contributed by atoms with E-state index in [4.69, 9.17) is 23.2 Å². The molecule has 0 atom stereocenters. The van der Waals surface area contributed by atoms with Crippen molar-refractivity contribution in [3.05, 3.63) is 39.1 Å². The van der Waals surface area contributed by atoms with Crippen LogP contribution < -0.4 is 4.90 Å². The average molecular weight is 509 g/mol. The summed E-state index contributed by atoms with van der Waals surface area (Å²) in [7, 11) is 0. The van der Waals surface area contributed by atoms with Gasteiger partial charge in [-0.2, -0.15) is 18.0 Å². The normalized spacial score (nSPS) is 16.7. The second kappa shape index (κ2) is 7.90. The van der Waals surface area contributed by atoms with Crippen LogP contribution in [0.4, 0.5) is 27.8 Å². The molecule has 1 aliphatic heterocycles. The Morgan fingerprint density at radius 1 is 1.06 bits per heavy atom. The summed E-state index contributed by atoms with van der Waals surface area (Å²) in [5.74, 6) is -2.36. The van der Waals surface area contributed by atoms with Crippen LogP contribution in [-0.2, 0) is 18.1 Å². The third-order valence-corrected chi connectivity index (χ3v) is 6.06. The van der Waals surface area contributed by atoms with Crippen LogP contribution in [0, 0.1) is 0 Å². The van der Waals surface area contributed by atoms with Crippen molar-refractivity contribution < 1.29 is 22.0 Å². The fraction of sp³-hybridized carbons (Fsp3) is 0.500. The van der Waals surface area contributed by atoms with Crippen molar-refractivity contribution in [2.24, 2.45) is 0 Å². The van der Waals surface area contributed by atoms with Crippen molar-refractivity contribution >= 4 is 40.2 Å². The highest BCUT2D eigenvalue weighted by molar-refractivity contribution is 6.42. The number of aromatic nitrogens is 5. The van der Waals surface area contributed by atoms with E-state index in [-0.39, 0.29) is 45.6 Å². The summed E-state index contributed by atoms with van der Waals surface area (Å²) >= 11 is 12.0. The molecular formula is C20H19Cl2F5N6. The zero-order valence-corrected chi connectivity index (χ0v) is 19.3. The van der Waals surface area contributed by atoms with Gasteiger partial charge in [0.2, 0.25) is 5.65 Å². The van der Waals surface area contributed by atoms with Crippen molar-refractivity contribution in [1.29, 1.82) is 0 Å². The molecule has 33 heavy (non-hydrogen) atoms. The summed E-state index contributed by atoms with van der Waals surface area (Å²) < 4.78 is 68.4. The SMILES string of the molecule is CC(C)(C)c1nc(N2CCC(F)(F)C2)c2nn(Cc3c(C(F)(F)F)ccc(Cl)c3Cl)nc2n1. The molecule has 0 aliphatic carbocycles. The van der Waals surface area contributed by atoms with Crippen molar-refractivity contribution in [1.82, 2.24) is 25.0 Å². The topological polar surface area (TPSA) is 59.7 Å². The van der Waals surface area contributed by atoms with E-state index in [2.05, 4.69) is 20.2 Å². The van der Waals surface area contributed by atoms with Gasteiger partial charge in [-0.05, 0) is 12.1 Å². The summed E-state index contributed by atoms with van der Waals surface area (Å²) in [6.45, 7) is 4.60. The van der Waals surface area contributed by atoms with Gasteiger partial charge in [-0.1, -0.05) is 44.0 Å². The standard InChI is InChI=1S/C20H19Cl2F5N6/c1-18(2,3)17-28-15-14(16(29-17)32-7-6-19(23,24)9-32)30-33(31-15)8-10-11(20(25,26)27)4-5-12(21)13(10)22/h4-5H,6-9H2,1-3H3. The quantitative estimate of drug-likeness (QED) is 0.422. The minimum Gasteiger partial charge on any atom is -0.348 e. The Balaban J connectivity index is 1.84. The lowest BCUT2D eigenvalue weighted by atomic mass is 9.96. The molecule has 0 spiro atoms. The van der Waals surface area contributed by atoms with E-state index in [0.717, 1.165) is 16.9 Å². The lowest BCUT2D eigenvalue weighted by molar-refractivity contribution is -0.138. The molecular weight excluding hydrogens is 490 g/mol. The zero-order valence-electron chi connectivity index (χ0n) is 17.8. The van der Waals surface area contributed by atoms with Gasteiger partial charge in [-0.3, -0.25) is 0 Å². The number of hydrogen-bond donors (Lipinski definition) is 0. The number of anilines is 1. The van der Waals surface area contributed by atoms with Crippen LogP contribution in [-0.4, -0.2) is 44.0 Å². The molecule has 13 heteroatoms. The van der Waals surface area contributed by atoms with Crippen LogP contribution in [0.25, 0.3) is 11.2 Å². The molecule has 2 aromatic heterocycles. The Morgan fingerprint density at radius 3 is 2.33 bits per heavy atom. The summed E-state index contributed by atoms with van der Waals surface area (Å²) in [5.41, 5.74) is -1.61. The van der Waals surface area contributed by atoms with Gasteiger partial charge in [0.1, 0.15) is 5.82 Å². The van der Waals surface area contributed by atoms with E-state index in [0.29, 0.717) is 5.82 Å². The first kappa shape index (κ1) is 23.9. The zero-order chi connectivity index (χ0) is 24.3. The number of rotatable bonds is 3. The van der Waals surface area contributed by atoms with E-state index in [9.17, 15) is 22.0 Å². The Kier molecular flexibility index (Phi) is 5.72. The third-order valence-electron chi connectivity index (χ3n) is 5.21. The Labute approximate surface area is 195 Å². The van der Waals surface area contributed by atoms with Crippen LogP contribution in [0.2, 0.25) is 10.0 Å². The van der Waals surface area contributed by atoms with Crippen LogP contribution in [0.1, 0.15) is 44.1 Å². The van der Waals surface area contributed by atoms with Gasteiger partial charge in [-0.15, -0.1) is 10.2 Å². The first-order valence-corrected chi connectivity index (χ1v) is 10.7. The predicted molar refractivity (Wildman–Crippen MR) is 114 cm³/mol. The highest BCUT2D eigenvalue weighted by Crippen LogP contribution is 2.39. The second-order valence-corrected chi connectivity index (χ2v) is 9.72. The molecule has 3 aromatic rings. The molecule has 3 heterocycles. The van der Waals surface area contributed by atoms with Gasteiger partial charge in [0.25, 0.3) is 5.92 Å². The van der Waals surface area contributed by atoms with Gasteiger partial charge < -0.3 is 4.90 Å². The lowest BCUT2D eigenvalue weighted by Crippen LogP contribution is -2.27. The van der Waals surface area contributed by atoms with Gasteiger partial charge in [0.15, 0.2) is 11.3 Å². The molecule has 1 aliphatic rings. The number of benzene rings is 1. The van der Waals surface area contributed by atoms with Gasteiger partial charge in [0, 0.05) is 23.9 Å². The molecule has 0 bridgehead atoms. The number of nitrogens with zero attached hydrogens (tertiary/aromatic N) is 6. The molecule has 0 unspecified atom stereocenters. The second-order valence-electron chi connectivity index (χ2n) is 8.94. The molecule has 0 N–H and O–H groups in total. The maximum atomic E-state index is 13.9. The molecule has 0 radical (unpaired) electrons. The third kappa shape index (κ3) is 4.70. The van der Waals surface area contributed by atoms with Crippen LogP contribution in [0.15, 0.2) is 12.1 Å². The van der Waals surface area contributed by atoms with Crippen molar-refractivity contribution in [2.45, 2.75) is 51.3 Å². The number of halogens is 7. The monoisotopic (exact) mass is 508 g/mol. The van der Waals surface area contributed by atoms with Gasteiger partial charge in [0.05, 0.1) is 28.7 Å². The fourth-order valence-electron chi connectivity index (χ4n) is 3.54. The van der Waals surface area contributed by atoms with Crippen LogP contribution in [0.5, 0.6) is 0 Å². The fourth-order valence-corrected chi connectivity index (χ4v) is 3.94. The lowest BCUT2D eigenvalue weighted by Gasteiger charge is -2.21. The molecule has 178 valence electrons. The van der Waals surface area contributed by atoms with Crippen molar-refractivity contribution in [3.63, 3.8) is 0 Å². The number of fused-ring (bicyclic) bond motifs is 1. The Morgan fingerprint density at radius 2 is 1.76 bits per heavy atom. The summed E-state index contributed by atoms with van der Waals surface area (Å²) in [6, 6.07) is 1.90. The highest BCUT2D eigenvalue weighted by Gasteiger charge is 2.40. The van der Waals surface area contributed by atoms with Crippen molar-refractivity contribution in [2.75, 3.05) is 18.0 Å². The molecule has 0 saturated carbocycles. The van der Waals surface area contributed by atoms with Crippen LogP contribution >= 0.6 is 23.2 Å². The number of alkyl halides is 5. The molecule has 6 nitrogen and oxygen atoms in total. The molecule has 0 amide bonds. The largest absolute Gasteiger partial charge is 0.416 e.